The molecule has 2 heterocycles. The van der Waals surface area contributed by atoms with Crippen LogP contribution < -0.4 is 10.5 Å². The van der Waals surface area contributed by atoms with Crippen LogP contribution in [0.15, 0.2) is 24.3 Å². The Bertz CT molecular complexity index is 434. The summed E-state index contributed by atoms with van der Waals surface area (Å²) in [7, 11) is 2.29. The summed E-state index contributed by atoms with van der Waals surface area (Å²) in [6.45, 7) is 4.17. The number of nitrogens with zero attached hydrogens (tertiary/aromatic N) is 2. The van der Waals surface area contributed by atoms with Gasteiger partial charge in [-0.3, -0.25) is 9.80 Å². The number of likely N-dealkylation sites (N-methyl/N-ethyl adjacent to an activating group) is 1. The van der Waals surface area contributed by atoms with Gasteiger partial charge in [-0.15, -0.1) is 0 Å². The van der Waals surface area contributed by atoms with Crippen LogP contribution in [-0.4, -0.2) is 55.2 Å². The van der Waals surface area contributed by atoms with Crippen LogP contribution in [0.25, 0.3) is 0 Å². The van der Waals surface area contributed by atoms with Crippen molar-refractivity contribution in [2.45, 2.75) is 31.3 Å². The summed E-state index contributed by atoms with van der Waals surface area (Å²) >= 11 is 0. The highest BCUT2D eigenvalue weighted by atomic mass is 16.5. The molecule has 20 heavy (non-hydrogen) atoms. The number of hydrogen-bond donors (Lipinski definition) is 1. The second-order valence-corrected chi connectivity index (χ2v) is 6.06. The number of likely N-dealkylation sites (tertiary alicyclic amines) is 1. The van der Waals surface area contributed by atoms with Gasteiger partial charge in [0.1, 0.15) is 12.4 Å². The molecule has 0 spiro atoms. The molecule has 2 atom stereocenters. The molecule has 0 radical (unpaired) electrons. The van der Waals surface area contributed by atoms with Crippen molar-refractivity contribution in [1.29, 1.82) is 0 Å². The van der Waals surface area contributed by atoms with Gasteiger partial charge in [-0.1, -0.05) is 0 Å². The Labute approximate surface area is 121 Å². The number of fused-ring (bicyclic) bond motifs is 2. The van der Waals surface area contributed by atoms with Gasteiger partial charge in [-0.2, -0.15) is 0 Å². The summed E-state index contributed by atoms with van der Waals surface area (Å²) in [5.41, 5.74) is 6.45. The van der Waals surface area contributed by atoms with E-state index in [1.54, 1.807) is 0 Å². The summed E-state index contributed by atoms with van der Waals surface area (Å²) in [4.78, 5) is 5.14. The molecule has 2 N–H and O–H groups in total. The molecule has 0 aromatic heterocycles. The molecule has 2 bridgehead atoms. The summed E-state index contributed by atoms with van der Waals surface area (Å²) in [6, 6.07) is 9.20. The van der Waals surface area contributed by atoms with E-state index in [9.17, 15) is 0 Å². The summed E-state index contributed by atoms with van der Waals surface area (Å²) in [5.74, 6) is 0.910. The maximum Gasteiger partial charge on any atom is 0.119 e. The topological polar surface area (TPSA) is 41.7 Å². The van der Waals surface area contributed by atoms with Gasteiger partial charge in [0, 0.05) is 30.9 Å². The minimum Gasteiger partial charge on any atom is -0.492 e. The molecule has 4 heteroatoms. The first kappa shape index (κ1) is 13.7. The van der Waals surface area contributed by atoms with E-state index in [1.807, 2.05) is 24.3 Å². The maximum atomic E-state index is 5.80. The molecule has 1 aromatic carbocycles. The van der Waals surface area contributed by atoms with Gasteiger partial charge in [-0.25, -0.2) is 0 Å². The average Bonchev–Trinajstić information content (AvgIpc) is 2.68. The molecule has 2 saturated heterocycles. The first-order valence-corrected chi connectivity index (χ1v) is 7.65. The maximum absolute atomic E-state index is 5.80. The fourth-order valence-electron chi connectivity index (χ4n) is 3.44. The van der Waals surface area contributed by atoms with Crippen LogP contribution >= 0.6 is 0 Å². The second kappa shape index (κ2) is 6.02. The van der Waals surface area contributed by atoms with E-state index in [4.69, 9.17) is 10.5 Å². The van der Waals surface area contributed by atoms with Crippen LogP contribution in [0.1, 0.15) is 19.3 Å². The lowest BCUT2D eigenvalue weighted by Crippen LogP contribution is -2.38. The monoisotopic (exact) mass is 275 g/mol. The van der Waals surface area contributed by atoms with Crippen LogP contribution in [0.4, 0.5) is 5.69 Å². The number of benzene rings is 1. The lowest BCUT2D eigenvalue weighted by atomic mass is 10.1. The number of rotatable bonds is 4. The Morgan fingerprint density at radius 1 is 1.15 bits per heavy atom. The standard InChI is InChI=1S/C16H25N3O/c1-18-14-4-5-15(18)12-19(9-8-14)10-11-20-16-6-2-13(17)3-7-16/h2-3,6-7,14-15H,4-5,8-12,17H2,1H3. The second-order valence-electron chi connectivity index (χ2n) is 6.06. The van der Waals surface area contributed by atoms with E-state index in [1.165, 1.54) is 32.4 Å². The SMILES string of the molecule is CN1C2CCC1CN(CCOc1ccc(N)cc1)CC2. The zero-order chi connectivity index (χ0) is 13.9. The zero-order valence-corrected chi connectivity index (χ0v) is 12.3. The van der Waals surface area contributed by atoms with Crippen LogP contribution in [0.3, 0.4) is 0 Å². The molecule has 2 unspecified atom stereocenters. The summed E-state index contributed by atoms with van der Waals surface area (Å²) in [6.07, 6.45) is 4.04. The number of hydrogen-bond acceptors (Lipinski definition) is 4. The van der Waals surface area contributed by atoms with Gasteiger partial charge < -0.3 is 10.5 Å². The average molecular weight is 275 g/mol. The van der Waals surface area contributed by atoms with Gasteiger partial charge in [0.15, 0.2) is 0 Å². The van der Waals surface area contributed by atoms with Crippen molar-refractivity contribution in [2.24, 2.45) is 0 Å². The molecule has 0 saturated carbocycles. The molecule has 1 aromatic rings. The molecule has 3 rings (SSSR count). The Morgan fingerprint density at radius 3 is 2.70 bits per heavy atom. The van der Waals surface area contributed by atoms with Crippen molar-refractivity contribution in [3.8, 4) is 5.75 Å². The van der Waals surface area contributed by atoms with E-state index in [0.717, 1.165) is 36.7 Å². The van der Waals surface area contributed by atoms with Gasteiger partial charge in [0.25, 0.3) is 0 Å². The predicted octanol–water partition coefficient (Wildman–Crippen LogP) is 1.82. The number of nitrogens with two attached hydrogens (primary N) is 1. The highest BCUT2D eigenvalue weighted by Crippen LogP contribution is 2.28. The minimum atomic E-state index is 0.749. The van der Waals surface area contributed by atoms with Crippen molar-refractivity contribution in [1.82, 2.24) is 9.80 Å². The smallest absolute Gasteiger partial charge is 0.119 e. The highest BCUT2D eigenvalue weighted by molar-refractivity contribution is 5.41. The molecule has 2 aliphatic rings. The molecule has 2 fully saturated rings. The fraction of sp³-hybridized carbons (Fsp3) is 0.625. The fourth-order valence-corrected chi connectivity index (χ4v) is 3.44. The third-order valence-electron chi connectivity index (χ3n) is 4.79. The predicted molar refractivity (Wildman–Crippen MR) is 82.0 cm³/mol. The Kier molecular flexibility index (Phi) is 4.13. The summed E-state index contributed by atoms with van der Waals surface area (Å²) < 4.78 is 5.80. The van der Waals surface area contributed by atoms with Crippen molar-refractivity contribution >= 4 is 5.69 Å². The lowest BCUT2D eigenvalue weighted by Gasteiger charge is -2.25. The largest absolute Gasteiger partial charge is 0.492 e. The van der Waals surface area contributed by atoms with Crippen LogP contribution in [0.5, 0.6) is 5.75 Å². The van der Waals surface area contributed by atoms with Gasteiger partial charge in [0.05, 0.1) is 0 Å². The van der Waals surface area contributed by atoms with Gasteiger partial charge in [0.2, 0.25) is 0 Å². The lowest BCUT2D eigenvalue weighted by molar-refractivity contribution is 0.187. The number of nitrogen functional groups attached to an aromatic ring is 1. The molecule has 0 amide bonds. The van der Waals surface area contributed by atoms with E-state index < -0.39 is 0 Å². The first-order chi connectivity index (χ1) is 9.72. The van der Waals surface area contributed by atoms with E-state index in [-0.39, 0.29) is 0 Å². The third-order valence-corrected chi connectivity index (χ3v) is 4.79. The Balaban J connectivity index is 1.46. The van der Waals surface area contributed by atoms with E-state index in [0.29, 0.717) is 0 Å². The molecule has 2 aliphatic heterocycles. The molecule has 4 nitrogen and oxygen atoms in total. The van der Waals surface area contributed by atoms with E-state index in [2.05, 4.69) is 16.8 Å². The Morgan fingerprint density at radius 2 is 1.90 bits per heavy atom. The molecule has 0 aliphatic carbocycles. The number of ether oxygens (including phenoxy) is 1. The first-order valence-electron chi connectivity index (χ1n) is 7.65. The quantitative estimate of drug-likeness (QED) is 0.851. The van der Waals surface area contributed by atoms with Crippen LogP contribution in [-0.2, 0) is 0 Å². The van der Waals surface area contributed by atoms with Crippen molar-refractivity contribution in [2.75, 3.05) is 39.0 Å². The van der Waals surface area contributed by atoms with Gasteiger partial charge >= 0.3 is 0 Å². The third kappa shape index (κ3) is 3.07. The van der Waals surface area contributed by atoms with Crippen molar-refractivity contribution < 1.29 is 4.74 Å². The molecular weight excluding hydrogens is 250 g/mol. The highest BCUT2D eigenvalue weighted by Gasteiger charge is 2.34. The molecule has 110 valence electrons. The molecular formula is C16H25N3O. The van der Waals surface area contributed by atoms with E-state index >= 15 is 0 Å². The van der Waals surface area contributed by atoms with Crippen LogP contribution in [0.2, 0.25) is 0 Å². The normalized spacial score (nSPS) is 27.4. The number of anilines is 1. The Hall–Kier alpha value is -1.26. The van der Waals surface area contributed by atoms with Crippen molar-refractivity contribution in [3.05, 3.63) is 24.3 Å². The minimum absolute atomic E-state index is 0.749. The van der Waals surface area contributed by atoms with Gasteiger partial charge in [-0.05, 0) is 57.1 Å². The van der Waals surface area contributed by atoms with Crippen LogP contribution in [0, 0.1) is 0 Å². The zero-order valence-electron chi connectivity index (χ0n) is 12.3. The van der Waals surface area contributed by atoms with Crippen molar-refractivity contribution in [3.63, 3.8) is 0 Å². The summed E-state index contributed by atoms with van der Waals surface area (Å²) in [5, 5.41) is 0.